The van der Waals surface area contributed by atoms with Crippen LogP contribution in [0.1, 0.15) is 30.9 Å². The molecule has 4 rings (SSSR count). The molecule has 3 atom stereocenters. The number of fused-ring (bicyclic) bond motifs is 1. The van der Waals surface area contributed by atoms with E-state index in [0.717, 1.165) is 29.8 Å². The summed E-state index contributed by atoms with van der Waals surface area (Å²) in [6, 6.07) is 5.57. The molecule has 146 valence electrons. The number of amides is 2. The molecular weight excluding hydrogens is 348 g/mol. The third kappa shape index (κ3) is 3.66. The Morgan fingerprint density at radius 1 is 1.11 bits per heavy atom. The van der Waals surface area contributed by atoms with Crippen molar-refractivity contribution in [3.8, 4) is 5.75 Å². The summed E-state index contributed by atoms with van der Waals surface area (Å²) in [6.45, 7) is 2.83. The van der Waals surface area contributed by atoms with Crippen molar-refractivity contribution in [2.75, 3.05) is 45.0 Å². The quantitative estimate of drug-likeness (QED) is 0.867. The van der Waals surface area contributed by atoms with Gasteiger partial charge in [0, 0.05) is 31.0 Å². The molecule has 3 aliphatic heterocycles. The van der Waals surface area contributed by atoms with Gasteiger partial charge in [-0.25, -0.2) is 0 Å². The average molecular weight is 374 g/mol. The lowest BCUT2D eigenvalue weighted by Crippen LogP contribution is -2.44. The van der Waals surface area contributed by atoms with Gasteiger partial charge in [-0.2, -0.15) is 0 Å². The molecule has 7 nitrogen and oxygen atoms in total. The zero-order valence-electron chi connectivity index (χ0n) is 15.6. The van der Waals surface area contributed by atoms with Crippen LogP contribution in [0.15, 0.2) is 18.2 Å². The van der Waals surface area contributed by atoms with Crippen molar-refractivity contribution < 1.29 is 23.8 Å². The van der Waals surface area contributed by atoms with Crippen molar-refractivity contribution in [1.29, 1.82) is 0 Å². The Morgan fingerprint density at radius 3 is 2.52 bits per heavy atom. The molecule has 0 bridgehead atoms. The van der Waals surface area contributed by atoms with Crippen molar-refractivity contribution in [2.45, 2.75) is 25.3 Å². The fraction of sp³-hybridized carbons (Fsp3) is 0.600. The van der Waals surface area contributed by atoms with Crippen LogP contribution in [0.4, 0.5) is 5.69 Å². The molecule has 1 aromatic carbocycles. The number of nitrogens with one attached hydrogen (secondary N) is 1. The molecule has 2 fully saturated rings. The monoisotopic (exact) mass is 374 g/mol. The van der Waals surface area contributed by atoms with Gasteiger partial charge in [-0.05, 0) is 37.5 Å². The van der Waals surface area contributed by atoms with Gasteiger partial charge >= 0.3 is 0 Å². The van der Waals surface area contributed by atoms with Crippen LogP contribution in [-0.4, -0.2) is 51.9 Å². The molecule has 3 unspecified atom stereocenters. The average Bonchev–Trinajstić information content (AvgIpc) is 3.41. The second-order valence-electron chi connectivity index (χ2n) is 7.39. The fourth-order valence-corrected chi connectivity index (χ4v) is 4.08. The number of ether oxygens (including phenoxy) is 3. The largest absolute Gasteiger partial charge is 0.497 e. The highest BCUT2D eigenvalue weighted by molar-refractivity contribution is 5.97. The van der Waals surface area contributed by atoms with E-state index >= 15 is 0 Å². The van der Waals surface area contributed by atoms with E-state index in [1.54, 1.807) is 7.11 Å². The number of nitrogens with zero attached hydrogens (tertiary/aromatic N) is 1. The molecule has 0 radical (unpaired) electrons. The van der Waals surface area contributed by atoms with E-state index in [0.29, 0.717) is 39.4 Å². The highest BCUT2D eigenvalue weighted by atomic mass is 16.5. The van der Waals surface area contributed by atoms with Gasteiger partial charge in [-0.1, -0.05) is 0 Å². The first-order valence-corrected chi connectivity index (χ1v) is 9.62. The van der Waals surface area contributed by atoms with E-state index in [9.17, 15) is 9.59 Å². The lowest BCUT2D eigenvalue weighted by Gasteiger charge is -2.36. The smallest absolute Gasteiger partial charge is 0.232 e. The van der Waals surface area contributed by atoms with Crippen LogP contribution in [0.5, 0.6) is 5.75 Å². The van der Waals surface area contributed by atoms with Gasteiger partial charge in [0.1, 0.15) is 5.75 Å². The number of benzene rings is 1. The number of carbonyl (C=O) groups excluding carboxylic acids is 2. The van der Waals surface area contributed by atoms with Gasteiger partial charge in [0.05, 0.1) is 38.2 Å². The molecule has 1 aromatic rings. The minimum Gasteiger partial charge on any atom is -0.497 e. The third-order valence-corrected chi connectivity index (χ3v) is 5.70. The van der Waals surface area contributed by atoms with E-state index in [2.05, 4.69) is 5.32 Å². The molecule has 2 amide bonds. The summed E-state index contributed by atoms with van der Waals surface area (Å²) in [5, 5.41) is 3.16. The summed E-state index contributed by atoms with van der Waals surface area (Å²) in [5.41, 5.74) is 1.78. The van der Waals surface area contributed by atoms with Gasteiger partial charge < -0.3 is 24.4 Å². The first-order valence-electron chi connectivity index (χ1n) is 9.62. The summed E-state index contributed by atoms with van der Waals surface area (Å²) in [4.78, 5) is 27.4. The first kappa shape index (κ1) is 18.3. The Morgan fingerprint density at radius 2 is 1.85 bits per heavy atom. The highest BCUT2D eigenvalue weighted by Crippen LogP contribution is 2.38. The zero-order valence-corrected chi connectivity index (χ0v) is 15.6. The number of anilines is 1. The van der Waals surface area contributed by atoms with Crippen LogP contribution < -0.4 is 15.0 Å². The summed E-state index contributed by atoms with van der Waals surface area (Å²) in [5.74, 6) is 0.676. The molecule has 3 heterocycles. The van der Waals surface area contributed by atoms with Crippen LogP contribution in [-0.2, 0) is 19.1 Å². The first-order chi connectivity index (χ1) is 13.2. The second kappa shape index (κ2) is 7.86. The van der Waals surface area contributed by atoms with Crippen molar-refractivity contribution in [3.05, 3.63) is 23.8 Å². The molecule has 0 saturated carbocycles. The minimum atomic E-state index is -0.132. The normalized spacial score (nSPS) is 27.3. The van der Waals surface area contributed by atoms with E-state index in [4.69, 9.17) is 14.2 Å². The molecular formula is C20H26N2O5. The predicted molar refractivity (Wildman–Crippen MR) is 98.7 cm³/mol. The molecule has 0 spiro atoms. The van der Waals surface area contributed by atoms with E-state index < -0.39 is 0 Å². The number of methoxy groups -OCH3 is 1. The number of hydrogen-bond acceptors (Lipinski definition) is 5. The Hall–Kier alpha value is -2.12. The van der Waals surface area contributed by atoms with Gasteiger partial charge in [-0.15, -0.1) is 0 Å². The Balaban J connectivity index is 1.58. The van der Waals surface area contributed by atoms with Crippen LogP contribution in [0.3, 0.4) is 0 Å². The maximum atomic E-state index is 13.0. The molecule has 27 heavy (non-hydrogen) atoms. The summed E-state index contributed by atoms with van der Waals surface area (Å²) >= 11 is 0. The fourth-order valence-electron chi connectivity index (χ4n) is 4.08. The minimum absolute atomic E-state index is 0.0234. The number of hydrogen-bond donors (Lipinski definition) is 1. The van der Waals surface area contributed by atoms with Gasteiger partial charge in [0.2, 0.25) is 11.8 Å². The number of carbonyl (C=O) groups is 2. The van der Waals surface area contributed by atoms with Gasteiger partial charge in [0.25, 0.3) is 0 Å². The third-order valence-electron chi connectivity index (χ3n) is 5.70. The van der Waals surface area contributed by atoms with Crippen LogP contribution in [0.25, 0.3) is 0 Å². The number of rotatable bonds is 4. The highest BCUT2D eigenvalue weighted by Gasteiger charge is 2.35. The lowest BCUT2D eigenvalue weighted by atomic mass is 9.93. The summed E-state index contributed by atoms with van der Waals surface area (Å²) in [7, 11) is 1.62. The molecule has 7 heteroatoms. The molecule has 2 saturated heterocycles. The van der Waals surface area contributed by atoms with Gasteiger partial charge in [0.15, 0.2) is 0 Å². The van der Waals surface area contributed by atoms with E-state index in [1.165, 1.54) is 0 Å². The second-order valence-corrected chi connectivity index (χ2v) is 7.39. The van der Waals surface area contributed by atoms with Crippen LogP contribution in [0, 0.1) is 11.8 Å². The SMILES string of the molecule is COc1ccc2c(c1)C(NC(=O)C1CCOC1)CCN2C(=O)C1CCOC1. The maximum absolute atomic E-state index is 13.0. The standard InChI is InChI=1S/C20H26N2O5/c1-25-15-2-3-18-16(10-15)17(21-19(23)13-5-8-26-11-13)4-7-22(18)20(24)14-6-9-27-12-14/h2-3,10,13-14,17H,4-9,11-12H2,1H3,(H,21,23). The molecule has 1 N–H and O–H groups in total. The van der Waals surface area contributed by atoms with Crippen molar-refractivity contribution >= 4 is 17.5 Å². The van der Waals surface area contributed by atoms with E-state index in [-0.39, 0.29) is 29.7 Å². The van der Waals surface area contributed by atoms with Crippen molar-refractivity contribution in [2.24, 2.45) is 11.8 Å². The zero-order chi connectivity index (χ0) is 18.8. The summed E-state index contributed by atoms with van der Waals surface area (Å²) < 4.78 is 16.1. The Bertz CT molecular complexity index is 710. The molecule has 0 aromatic heterocycles. The molecule has 0 aliphatic carbocycles. The van der Waals surface area contributed by atoms with Crippen molar-refractivity contribution in [1.82, 2.24) is 5.32 Å². The molecule has 3 aliphatic rings. The Labute approximate surface area is 158 Å². The Kier molecular flexibility index (Phi) is 5.31. The topological polar surface area (TPSA) is 77.1 Å². The van der Waals surface area contributed by atoms with E-state index in [1.807, 2.05) is 23.1 Å². The maximum Gasteiger partial charge on any atom is 0.232 e. The van der Waals surface area contributed by atoms with Crippen LogP contribution in [0.2, 0.25) is 0 Å². The van der Waals surface area contributed by atoms with Gasteiger partial charge in [-0.3, -0.25) is 9.59 Å². The summed E-state index contributed by atoms with van der Waals surface area (Å²) in [6.07, 6.45) is 2.21. The predicted octanol–water partition coefficient (Wildman–Crippen LogP) is 1.66. The van der Waals surface area contributed by atoms with Crippen LogP contribution >= 0.6 is 0 Å². The lowest BCUT2D eigenvalue weighted by molar-refractivity contribution is -0.125. The van der Waals surface area contributed by atoms with Crippen molar-refractivity contribution in [3.63, 3.8) is 0 Å².